The molecule has 1 saturated heterocycles. The van der Waals surface area contributed by atoms with E-state index < -0.39 is 0 Å². The molecule has 1 fully saturated rings. The number of rotatable bonds is 10. The Kier molecular flexibility index (Phi) is 9.03. The molecule has 8 heteroatoms. The molecule has 2 amide bonds. The summed E-state index contributed by atoms with van der Waals surface area (Å²) in [5.41, 5.74) is 0.808. The topological polar surface area (TPSA) is 66.2 Å². The van der Waals surface area contributed by atoms with E-state index in [1.54, 1.807) is 21.9 Å². The number of carbonyl (C=O) groups excluding carboxylic acids is 2. The second-order valence-electron chi connectivity index (χ2n) is 8.76. The maximum Gasteiger partial charge on any atom is 0.242 e. The molecule has 3 rings (SSSR count). The molecule has 1 aromatic heterocycles. The second-order valence-corrected chi connectivity index (χ2v) is 8.76. The lowest BCUT2D eigenvalue weighted by Gasteiger charge is -2.32. The van der Waals surface area contributed by atoms with Crippen molar-refractivity contribution < 1.29 is 23.1 Å². The predicted octanol–water partition coefficient (Wildman–Crippen LogP) is 3.07. The molecule has 1 aliphatic heterocycles. The number of hydrogen-bond donors (Lipinski definition) is 0. The smallest absolute Gasteiger partial charge is 0.242 e. The quantitative estimate of drug-likeness (QED) is 0.546. The summed E-state index contributed by atoms with van der Waals surface area (Å²) >= 11 is 0. The first kappa shape index (κ1) is 24.9. The lowest BCUT2D eigenvalue weighted by molar-refractivity contribution is -0.143. The molecule has 180 valence electrons. The first-order valence-electron chi connectivity index (χ1n) is 11.5. The van der Waals surface area contributed by atoms with Gasteiger partial charge in [-0.15, -0.1) is 0 Å². The average Bonchev–Trinajstić information content (AvgIpc) is 3.22. The molecule has 1 aliphatic rings. The van der Waals surface area contributed by atoms with Gasteiger partial charge in [0.1, 0.15) is 17.3 Å². The number of halogens is 1. The minimum Gasteiger partial charge on any atom is -0.464 e. The number of morpholine rings is 1. The number of ether oxygens (including phenoxy) is 1. The Morgan fingerprint density at radius 1 is 1.03 bits per heavy atom. The average molecular weight is 460 g/mol. The zero-order valence-corrected chi connectivity index (χ0v) is 19.8. The van der Waals surface area contributed by atoms with Gasteiger partial charge >= 0.3 is 0 Å². The largest absolute Gasteiger partial charge is 0.464 e. The first-order valence-corrected chi connectivity index (χ1v) is 11.5. The zero-order valence-electron chi connectivity index (χ0n) is 19.8. The van der Waals surface area contributed by atoms with Gasteiger partial charge in [-0.1, -0.05) is 26.0 Å². The third-order valence-electron chi connectivity index (χ3n) is 5.70. The lowest BCUT2D eigenvalue weighted by atomic mass is 10.1. The van der Waals surface area contributed by atoms with Crippen LogP contribution >= 0.6 is 0 Å². The Bertz CT molecular complexity index is 907. The highest BCUT2D eigenvalue weighted by molar-refractivity contribution is 5.85. The number of aryl methyl sites for hydroxylation is 1. The summed E-state index contributed by atoms with van der Waals surface area (Å²) in [4.78, 5) is 31.8. The Morgan fingerprint density at radius 3 is 2.33 bits per heavy atom. The van der Waals surface area contributed by atoms with E-state index in [0.29, 0.717) is 38.6 Å². The molecule has 0 bridgehead atoms. The fourth-order valence-electron chi connectivity index (χ4n) is 3.78. The fourth-order valence-corrected chi connectivity index (χ4v) is 3.78. The van der Waals surface area contributed by atoms with Gasteiger partial charge in [0.25, 0.3) is 0 Å². The van der Waals surface area contributed by atoms with Crippen molar-refractivity contribution in [1.82, 2.24) is 14.7 Å². The van der Waals surface area contributed by atoms with E-state index in [9.17, 15) is 14.0 Å². The van der Waals surface area contributed by atoms with E-state index in [1.165, 1.54) is 12.1 Å². The van der Waals surface area contributed by atoms with Crippen molar-refractivity contribution >= 4 is 11.8 Å². The van der Waals surface area contributed by atoms with Gasteiger partial charge in [-0.3, -0.25) is 14.5 Å². The number of nitrogens with zero attached hydrogens (tertiary/aromatic N) is 3. The van der Waals surface area contributed by atoms with Gasteiger partial charge < -0.3 is 19.0 Å². The maximum atomic E-state index is 13.4. The van der Waals surface area contributed by atoms with Crippen molar-refractivity contribution in [2.75, 3.05) is 45.9 Å². The van der Waals surface area contributed by atoms with Crippen LogP contribution in [0.5, 0.6) is 0 Å². The summed E-state index contributed by atoms with van der Waals surface area (Å²) in [5.74, 6) is 0.673. The second kappa shape index (κ2) is 12.0. The molecule has 33 heavy (non-hydrogen) atoms. The van der Waals surface area contributed by atoms with E-state index >= 15 is 0 Å². The van der Waals surface area contributed by atoms with Crippen LogP contribution in [0.3, 0.4) is 0 Å². The number of hydrogen-bond acceptors (Lipinski definition) is 5. The summed E-state index contributed by atoms with van der Waals surface area (Å²) in [6, 6.07) is 9.79. The van der Waals surface area contributed by atoms with Gasteiger partial charge in [0, 0.05) is 38.6 Å². The molecule has 7 nitrogen and oxygen atoms in total. The molecule has 1 aromatic carbocycles. The van der Waals surface area contributed by atoms with Crippen molar-refractivity contribution in [3.8, 4) is 0 Å². The van der Waals surface area contributed by atoms with Crippen LogP contribution in [0.1, 0.15) is 30.9 Å². The highest BCUT2D eigenvalue weighted by Crippen LogP contribution is 2.15. The van der Waals surface area contributed by atoms with Crippen molar-refractivity contribution in [2.45, 2.75) is 33.9 Å². The van der Waals surface area contributed by atoms with E-state index in [-0.39, 0.29) is 36.6 Å². The fraction of sp³-hybridized carbons (Fsp3) is 0.520. The number of carbonyl (C=O) groups is 2. The van der Waals surface area contributed by atoms with E-state index in [2.05, 4.69) is 4.90 Å². The Hall–Kier alpha value is -2.71. The van der Waals surface area contributed by atoms with Gasteiger partial charge in [-0.2, -0.15) is 0 Å². The van der Waals surface area contributed by atoms with Crippen molar-refractivity contribution in [2.24, 2.45) is 5.92 Å². The molecular weight excluding hydrogens is 425 g/mol. The zero-order chi connectivity index (χ0) is 23.8. The van der Waals surface area contributed by atoms with Gasteiger partial charge in [-0.05, 0) is 36.8 Å². The Morgan fingerprint density at radius 2 is 1.73 bits per heavy atom. The normalized spacial score (nSPS) is 14.5. The van der Waals surface area contributed by atoms with Gasteiger partial charge in [0.2, 0.25) is 11.8 Å². The molecule has 0 N–H and O–H groups in total. The summed E-state index contributed by atoms with van der Waals surface area (Å²) in [7, 11) is 0. The monoisotopic (exact) mass is 459 g/mol. The van der Waals surface area contributed by atoms with Gasteiger partial charge in [-0.25, -0.2) is 4.39 Å². The van der Waals surface area contributed by atoms with Crippen LogP contribution in [-0.2, 0) is 27.4 Å². The number of amides is 2. The predicted molar refractivity (Wildman–Crippen MR) is 123 cm³/mol. The minimum absolute atomic E-state index is 0.0117. The van der Waals surface area contributed by atoms with E-state index in [1.807, 2.05) is 32.9 Å². The Balaban J connectivity index is 1.72. The number of benzene rings is 1. The molecule has 0 atom stereocenters. The molecular formula is C25H34FN3O4. The van der Waals surface area contributed by atoms with Crippen molar-refractivity contribution in [1.29, 1.82) is 0 Å². The summed E-state index contributed by atoms with van der Waals surface area (Å²) in [6.45, 7) is 10.3. The summed E-state index contributed by atoms with van der Waals surface area (Å²) in [6.07, 6.45) is 0. The van der Waals surface area contributed by atoms with Crippen LogP contribution in [0.15, 0.2) is 40.8 Å². The third-order valence-corrected chi connectivity index (χ3v) is 5.70. The molecule has 0 unspecified atom stereocenters. The molecule has 0 saturated carbocycles. The lowest BCUT2D eigenvalue weighted by Crippen LogP contribution is -2.48. The highest BCUT2D eigenvalue weighted by Gasteiger charge is 2.25. The molecule has 0 radical (unpaired) electrons. The van der Waals surface area contributed by atoms with Crippen molar-refractivity contribution in [3.63, 3.8) is 0 Å². The van der Waals surface area contributed by atoms with E-state index in [4.69, 9.17) is 9.15 Å². The standard InChI is InChI=1S/C25H34FN3O4/c1-19(2)25(31)28(11-10-27-12-14-32-15-13-27)18-24(30)29(17-23-9-4-20(3)33-23)16-21-5-7-22(26)8-6-21/h4-9,19H,10-18H2,1-3H3. The number of furan rings is 1. The van der Waals surface area contributed by atoms with Gasteiger partial charge in [0.05, 0.1) is 26.3 Å². The molecule has 0 spiro atoms. The van der Waals surface area contributed by atoms with E-state index in [0.717, 1.165) is 24.4 Å². The molecule has 2 heterocycles. The maximum absolute atomic E-state index is 13.4. The first-order chi connectivity index (χ1) is 15.8. The van der Waals surface area contributed by atoms with Crippen LogP contribution < -0.4 is 0 Å². The van der Waals surface area contributed by atoms with Crippen LogP contribution in [0.4, 0.5) is 4.39 Å². The van der Waals surface area contributed by atoms with Gasteiger partial charge in [0.15, 0.2) is 0 Å². The Labute approximate surface area is 195 Å². The van der Waals surface area contributed by atoms with Crippen molar-refractivity contribution in [3.05, 3.63) is 59.3 Å². The van der Waals surface area contributed by atoms with Crippen LogP contribution in [0, 0.1) is 18.7 Å². The highest BCUT2D eigenvalue weighted by atomic mass is 19.1. The SMILES string of the molecule is Cc1ccc(CN(Cc2ccc(F)cc2)C(=O)CN(CCN2CCOCC2)C(=O)C(C)C)o1. The molecule has 2 aromatic rings. The third kappa shape index (κ3) is 7.68. The minimum atomic E-state index is -0.324. The summed E-state index contributed by atoms with van der Waals surface area (Å²) in [5, 5.41) is 0. The van der Waals surface area contributed by atoms with Crippen LogP contribution in [0.25, 0.3) is 0 Å². The van der Waals surface area contributed by atoms with Crippen LogP contribution in [-0.4, -0.2) is 72.5 Å². The summed E-state index contributed by atoms with van der Waals surface area (Å²) < 4.78 is 24.4. The van der Waals surface area contributed by atoms with Crippen LogP contribution in [0.2, 0.25) is 0 Å². The molecule has 0 aliphatic carbocycles.